The second-order valence-corrected chi connectivity index (χ2v) is 6.49. The molecule has 0 fully saturated rings. The highest BCUT2D eigenvalue weighted by Gasteiger charge is 2.28. The van der Waals surface area contributed by atoms with E-state index in [1.807, 2.05) is 4.57 Å². The lowest BCUT2D eigenvalue weighted by atomic mass is 10.0. The summed E-state index contributed by atoms with van der Waals surface area (Å²) >= 11 is 7.18. The molecule has 1 N–H and O–H groups in total. The van der Waals surface area contributed by atoms with Gasteiger partial charge in [0.05, 0.1) is 21.5 Å². The first-order chi connectivity index (χ1) is 10.1. The maximum atomic E-state index is 12.6. The van der Waals surface area contributed by atoms with E-state index in [1.165, 1.54) is 11.3 Å². The Balaban J connectivity index is 2.02. The third kappa shape index (κ3) is 2.63. The Labute approximate surface area is 131 Å². The Kier molecular flexibility index (Phi) is 3.87. The maximum absolute atomic E-state index is 12.6. The van der Waals surface area contributed by atoms with E-state index in [-0.39, 0.29) is 5.78 Å². The van der Waals surface area contributed by atoms with E-state index in [9.17, 15) is 14.7 Å². The van der Waals surface area contributed by atoms with Crippen LogP contribution in [0.15, 0.2) is 23.6 Å². The molecule has 1 aliphatic heterocycles. The number of ketones is 1. The van der Waals surface area contributed by atoms with Crippen molar-refractivity contribution in [2.75, 3.05) is 0 Å². The van der Waals surface area contributed by atoms with E-state index < -0.39 is 11.9 Å². The number of thiophene rings is 1. The molecule has 0 saturated heterocycles. The minimum atomic E-state index is -0.825. The first-order valence-electron chi connectivity index (χ1n) is 6.79. The van der Waals surface area contributed by atoms with Crippen LogP contribution in [0.3, 0.4) is 0 Å². The van der Waals surface area contributed by atoms with E-state index in [4.69, 9.17) is 11.6 Å². The molecule has 6 heteroatoms. The van der Waals surface area contributed by atoms with Crippen molar-refractivity contribution in [2.45, 2.75) is 31.7 Å². The fraction of sp³-hybridized carbons (Fsp3) is 0.333. The van der Waals surface area contributed by atoms with Gasteiger partial charge in [0.1, 0.15) is 0 Å². The number of carbonyl (C=O) groups is 2. The van der Waals surface area contributed by atoms with Crippen molar-refractivity contribution in [1.29, 1.82) is 0 Å². The van der Waals surface area contributed by atoms with Crippen molar-refractivity contribution >= 4 is 34.7 Å². The predicted molar refractivity (Wildman–Crippen MR) is 81.4 cm³/mol. The monoisotopic (exact) mass is 323 g/mol. The number of carboxylic acid groups (broad SMARTS) is 1. The highest BCUT2D eigenvalue weighted by Crippen LogP contribution is 2.30. The van der Waals surface area contributed by atoms with Crippen LogP contribution < -0.4 is 0 Å². The lowest BCUT2D eigenvalue weighted by molar-refractivity contribution is -0.139. The molecular formula is C15H14ClNO3S. The Morgan fingerprint density at radius 1 is 1.33 bits per heavy atom. The summed E-state index contributed by atoms with van der Waals surface area (Å²) in [5.41, 5.74) is 1.28. The number of hydrogen-bond acceptors (Lipinski definition) is 3. The Bertz CT molecular complexity index is 704. The molecule has 1 unspecified atom stereocenters. The summed E-state index contributed by atoms with van der Waals surface area (Å²) in [4.78, 5) is 24.6. The smallest absolute Gasteiger partial charge is 0.312 e. The number of aromatic nitrogens is 1. The standard InChI is InChI=1S/C15H14ClNO3S/c16-9-7-13(21-8-9)14(18)12-5-4-11-10(15(19)20)3-1-2-6-17(11)12/h4-5,7-8,10H,1-3,6H2,(H,19,20). The molecule has 0 aliphatic carbocycles. The summed E-state index contributed by atoms with van der Waals surface area (Å²) in [6.07, 6.45) is 2.37. The van der Waals surface area contributed by atoms with Gasteiger partial charge in [0.15, 0.2) is 0 Å². The molecule has 0 bridgehead atoms. The Morgan fingerprint density at radius 2 is 2.14 bits per heavy atom. The van der Waals surface area contributed by atoms with Crippen LogP contribution in [-0.4, -0.2) is 21.4 Å². The summed E-state index contributed by atoms with van der Waals surface area (Å²) in [6.45, 7) is 0.687. The normalized spacial score (nSPS) is 18.0. The molecular weight excluding hydrogens is 310 g/mol. The van der Waals surface area contributed by atoms with Crippen LogP contribution >= 0.6 is 22.9 Å². The number of carbonyl (C=O) groups excluding carboxylic acids is 1. The molecule has 0 aromatic carbocycles. The molecule has 1 atom stereocenters. The van der Waals surface area contributed by atoms with Crippen LogP contribution in [0.4, 0.5) is 0 Å². The van der Waals surface area contributed by atoms with Crippen molar-refractivity contribution in [2.24, 2.45) is 0 Å². The molecule has 0 radical (unpaired) electrons. The van der Waals surface area contributed by atoms with Crippen LogP contribution in [0.25, 0.3) is 0 Å². The van der Waals surface area contributed by atoms with Gasteiger partial charge in [-0.1, -0.05) is 18.0 Å². The first kappa shape index (κ1) is 14.4. The number of aliphatic carboxylic acids is 1. The van der Waals surface area contributed by atoms with Gasteiger partial charge in [-0.15, -0.1) is 11.3 Å². The highest BCUT2D eigenvalue weighted by atomic mass is 35.5. The van der Waals surface area contributed by atoms with E-state index in [2.05, 4.69) is 0 Å². The number of rotatable bonds is 3. The van der Waals surface area contributed by atoms with E-state index in [0.717, 1.165) is 18.5 Å². The van der Waals surface area contributed by atoms with Gasteiger partial charge in [-0.3, -0.25) is 9.59 Å². The fourth-order valence-electron chi connectivity index (χ4n) is 2.81. The van der Waals surface area contributed by atoms with Crippen molar-refractivity contribution < 1.29 is 14.7 Å². The molecule has 2 aromatic rings. The average molecular weight is 324 g/mol. The highest BCUT2D eigenvalue weighted by molar-refractivity contribution is 7.12. The van der Waals surface area contributed by atoms with Crippen LogP contribution in [-0.2, 0) is 11.3 Å². The SMILES string of the molecule is O=C(c1cc(Cl)cs1)c1ccc2n1CCCCC2C(=O)O. The molecule has 110 valence electrons. The molecule has 0 saturated carbocycles. The van der Waals surface area contributed by atoms with Gasteiger partial charge in [0, 0.05) is 17.6 Å². The van der Waals surface area contributed by atoms with Gasteiger partial charge in [-0.2, -0.15) is 0 Å². The summed E-state index contributed by atoms with van der Waals surface area (Å²) in [6, 6.07) is 5.15. The van der Waals surface area contributed by atoms with Crippen molar-refractivity contribution in [3.05, 3.63) is 44.9 Å². The van der Waals surface area contributed by atoms with E-state index >= 15 is 0 Å². The zero-order valence-electron chi connectivity index (χ0n) is 11.2. The number of carboxylic acids is 1. The maximum Gasteiger partial charge on any atom is 0.312 e. The zero-order chi connectivity index (χ0) is 15.0. The molecule has 0 spiro atoms. The van der Waals surface area contributed by atoms with Gasteiger partial charge in [-0.25, -0.2) is 0 Å². The first-order valence-corrected chi connectivity index (χ1v) is 8.04. The summed E-state index contributed by atoms with van der Waals surface area (Å²) in [7, 11) is 0. The number of fused-ring (bicyclic) bond motifs is 1. The fourth-order valence-corrected chi connectivity index (χ4v) is 3.83. The Morgan fingerprint density at radius 3 is 2.81 bits per heavy atom. The molecule has 3 rings (SSSR count). The molecule has 4 nitrogen and oxygen atoms in total. The van der Waals surface area contributed by atoms with Crippen molar-refractivity contribution in [3.63, 3.8) is 0 Å². The van der Waals surface area contributed by atoms with Crippen LogP contribution in [0.1, 0.15) is 46.2 Å². The van der Waals surface area contributed by atoms with Gasteiger partial charge in [-0.05, 0) is 31.0 Å². The Hall–Kier alpha value is -1.59. The molecule has 1 aliphatic rings. The number of halogens is 1. The quantitative estimate of drug-likeness (QED) is 0.874. The number of nitrogens with zero attached hydrogens (tertiary/aromatic N) is 1. The van der Waals surface area contributed by atoms with E-state index in [1.54, 1.807) is 23.6 Å². The largest absolute Gasteiger partial charge is 0.481 e. The lowest BCUT2D eigenvalue weighted by Gasteiger charge is -2.13. The van der Waals surface area contributed by atoms with Crippen LogP contribution in [0.2, 0.25) is 5.02 Å². The zero-order valence-corrected chi connectivity index (χ0v) is 12.8. The summed E-state index contributed by atoms with van der Waals surface area (Å²) in [5, 5.41) is 11.6. The van der Waals surface area contributed by atoms with Gasteiger partial charge in [0.2, 0.25) is 5.78 Å². The van der Waals surface area contributed by atoms with E-state index in [0.29, 0.717) is 28.6 Å². The lowest BCUT2D eigenvalue weighted by Crippen LogP contribution is -2.16. The minimum absolute atomic E-state index is 0.0933. The van der Waals surface area contributed by atoms with Gasteiger partial charge < -0.3 is 9.67 Å². The van der Waals surface area contributed by atoms with Gasteiger partial charge in [0.25, 0.3) is 0 Å². The second kappa shape index (κ2) is 5.66. The molecule has 0 amide bonds. The van der Waals surface area contributed by atoms with Crippen molar-refractivity contribution in [3.8, 4) is 0 Å². The third-order valence-electron chi connectivity index (χ3n) is 3.82. The number of hydrogen-bond donors (Lipinski definition) is 1. The predicted octanol–water partition coefficient (Wildman–Crippen LogP) is 3.79. The van der Waals surface area contributed by atoms with Gasteiger partial charge >= 0.3 is 5.97 Å². The third-order valence-corrected chi connectivity index (χ3v) is 5.09. The second-order valence-electron chi connectivity index (χ2n) is 5.14. The molecule has 21 heavy (non-hydrogen) atoms. The molecule has 2 aromatic heterocycles. The van der Waals surface area contributed by atoms with Crippen LogP contribution in [0, 0.1) is 0 Å². The minimum Gasteiger partial charge on any atom is -0.481 e. The molecule has 3 heterocycles. The topological polar surface area (TPSA) is 59.3 Å². The summed E-state index contributed by atoms with van der Waals surface area (Å²) < 4.78 is 1.86. The average Bonchev–Trinajstić information content (AvgIpc) is 2.99. The summed E-state index contributed by atoms with van der Waals surface area (Å²) in [5.74, 6) is -1.44. The van der Waals surface area contributed by atoms with Crippen LogP contribution in [0.5, 0.6) is 0 Å². The van der Waals surface area contributed by atoms with Crippen molar-refractivity contribution in [1.82, 2.24) is 4.57 Å².